The predicted octanol–water partition coefficient (Wildman–Crippen LogP) is 2.93. The molecule has 6 atom stereocenters. The molecule has 0 spiro atoms. The first-order valence-electron chi connectivity index (χ1n) is 5.14. The van der Waals surface area contributed by atoms with E-state index in [0.29, 0.717) is 0 Å². The van der Waals surface area contributed by atoms with E-state index in [1.807, 2.05) is 0 Å². The first-order valence-corrected chi connectivity index (χ1v) is 5.14. The van der Waals surface area contributed by atoms with Crippen LogP contribution >= 0.6 is 0 Å². The van der Waals surface area contributed by atoms with Gasteiger partial charge in [0.1, 0.15) is 0 Å². The molecule has 0 amide bonds. The van der Waals surface area contributed by atoms with Crippen molar-refractivity contribution in [2.24, 2.45) is 35.0 Å². The van der Waals surface area contributed by atoms with Crippen LogP contribution in [0.4, 0.5) is 0 Å². The monoisotopic (exact) mass is 150 g/mol. The Balaban J connectivity index is 2.04. The van der Waals surface area contributed by atoms with E-state index in [-0.39, 0.29) is 0 Å². The van der Waals surface area contributed by atoms with Crippen LogP contribution in [-0.4, -0.2) is 0 Å². The maximum Gasteiger partial charge on any atom is -0.0264 e. The lowest BCUT2D eigenvalue weighted by Gasteiger charge is -2.32. The predicted molar refractivity (Wildman–Crippen MR) is 46.1 cm³/mol. The second-order valence-electron chi connectivity index (χ2n) is 5.53. The maximum atomic E-state index is 2.55. The van der Waals surface area contributed by atoms with E-state index in [0.717, 1.165) is 29.1 Å². The fraction of sp³-hybridized carbons (Fsp3) is 1.00. The normalized spacial score (nSPS) is 71.7. The summed E-state index contributed by atoms with van der Waals surface area (Å²) in [6.45, 7) is 7.51. The molecule has 0 aliphatic heterocycles. The fourth-order valence-corrected chi connectivity index (χ4v) is 4.33. The lowest BCUT2D eigenvalue weighted by Crippen LogP contribution is -2.26. The van der Waals surface area contributed by atoms with Gasteiger partial charge in [-0.3, -0.25) is 0 Å². The van der Waals surface area contributed by atoms with E-state index in [4.69, 9.17) is 0 Å². The molecule has 0 radical (unpaired) electrons. The van der Waals surface area contributed by atoms with Gasteiger partial charge < -0.3 is 0 Å². The van der Waals surface area contributed by atoms with Crippen LogP contribution in [0.1, 0.15) is 33.6 Å². The molecule has 62 valence electrons. The van der Waals surface area contributed by atoms with Crippen LogP contribution in [0.5, 0.6) is 0 Å². The number of hydrogen-bond acceptors (Lipinski definition) is 0. The average Bonchev–Trinajstić information content (AvgIpc) is 2.67. The summed E-state index contributed by atoms with van der Waals surface area (Å²) in [5.74, 6) is 5.49. The van der Waals surface area contributed by atoms with Crippen molar-refractivity contribution in [1.82, 2.24) is 0 Å². The third-order valence-corrected chi connectivity index (χ3v) is 5.42. The van der Waals surface area contributed by atoms with Crippen molar-refractivity contribution in [1.29, 1.82) is 0 Å². The zero-order valence-electron chi connectivity index (χ0n) is 7.80. The molecule has 3 rings (SSSR count). The van der Waals surface area contributed by atoms with Crippen LogP contribution in [0.25, 0.3) is 0 Å². The van der Waals surface area contributed by atoms with Crippen molar-refractivity contribution < 1.29 is 0 Å². The molecular formula is C11H18. The van der Waals surface area contributed by atoms with Crippen LogP contribution in [0, 0.1) is 35.0 Å². The zero-order valence-corrected chi connectivity index (χ0v) is 7.80. The molecule has 0 aromatic heterocycles. The van der Waals surface area contributed by atoms with Crippen molar-refractivity contribution in [3.05, 3.63) is 0 Å². The highest BCUT2D eigenvalue weighted by Crippen LogP contribution is 2.75. The summed E-state index contributed by atoms with van der Waals surface area (Å²) in [5, 5.41) is 0. The highest BCUT2D eigenvalue weighted by atomic mass is 14.7. The van der Waals surface area contributed by atoms with Crippen LogP contribution in [0.15, 0.2) is 0 Å². The van der Waals surface area contributed by atoms with Crippen LogP contribution in [-0.2, 0) is 0 Å². The molecule has 0 N–H and O–H groups in total. The van der Waals surface area contributed by atoms with Crippen molar-refractivity contribution in [3.8, 4) is 0 Å². The number of rotatable bonds is 0. The first kappa shape index (κ1) is 6.51. The van der Waals surface area contributed by atoms with Gasteiger partial charge in [-0.1, -0.05) is 20.8 Å². The van der Waals surface area contributed by atoms with Gasteiger partial charge in [-0.2, -0.15) is 0 Å². The molecule has 0 saturated heterocycles. The van der Waals surface area contributed by atoms with Gasteiger partial charge in [0.25, 0.3) is 0 Å². The average molecular weight is 150 g/mol. The Morgan fingerprint density at radius 3 is 2.45 bits per heavy atom. The number of fused-ring (bicyclic) bond motifs is 5. The lowest BCUT2D eigenvalue weighted by molar-refractivity contribution is 0.158. The summed E-state index contributed by atoms with van der Waals surface area (Å²) >= 11 is 0. The summed E-state index contributed by atoms with van der Waals surface area (Å²) < 4.78 is 0. The molecule has 0 nitrogen and oxygen atoms in total. The first-order chi connectivity index (χ1) is 5.14. The van der Waals surface area contributed by atoms with E-state index < -0.39 is 0 Å². The topological polar surface area (TPSA) is 0 Å². The SMILES string of the molecule is CC1C2CC(C)(C1C)C1CC21. The third-order valence-electron chi connectivity index (χ3n) is 5.42. The summed E-state index contributed by atoms with van der Waals surface area (Å²) in [6, 6.07) is 0. The van der Waals surface area contributed by atoms with Crippen LogP contribution in [0.2, 0.25) is 0 Å². The van der Waals surface area contributed by atoms with Crippen molar-refractivity contribution in [3.63, 3.8) is 0 Å². The summed E-state index contributed by atoms with van der Waals surface area (Å²) in [5.41, 5.74) is 0.773. The van der Waals surface area contributed by atoms with Crippen LogP contribution in [0.3, 0.4) is 0 Å². The molecule has 0 aromatic carbocycles. The van der Waals surface area contributed by atoms with Gasteiger partial charge in [0.15, 0.2) is 0 Å². The lowest BCUT2D eigenvalue weighted by atomic mass is 9.73. The van der Waals surface area contributed by atoms with Crippen molar-refractivity contribution >= 4 is 0 Å². The van der Waals surface area contributed by atoms with Gasteiger partial charge in [0, 0.05) is 0 Å². The van der Waals surface area contributed by atoms with E-state index in [9.17, 15) is 0 Å². The second kappa shape index (κ2) is 1.53. The molecule has 0 heterocycles. The minimum absolute atomic E-state index is 0.773. The summed E-state index contributed by atoms with van der Waals surface area (Å²) in [7, 11) is 0. The quantitative estimate of drug-likeness (QED) is 0.498. The van der Waals surface area contributed by atoms with Gasteiger partial charge in [-0.15, -0.1) is 0 Å². The third kappa shape index (κ3) is 0.522. The Hall–Kier alpha value is 0. The molecule has 0 aromatic rings. The second-order valence-corrected chi connectivity index (χ2v) is 5.53. The van der Waals surface area contributed by atoms with Crippen LogP contribution < -0.4 is 0 Å². The van der Waals surface area contributed by atoms with Crippen molar-refractivity contribution in [2.45, 2.75) is 33.6 Å². The summed E-state index contributed by atoms with van der Waals surface area (Å²) in [4.78, 5) is 0. The fourth-order valence-electron chi connectivity index (χ4n) is 4.33. The molecule has 3 fully saturated rings. The molecule has 2 bridgehead atoms. The molecular weight excluding hydrogens is 132 g/mol. The summed E-state index contributed by atoms with van der Waals surface area (Å²) in [6.07, 6.45) is 3.14. The van der Waals surface area contributed by atoms with E-state index in [1.54, 1.807) is 12.8 Å². The molecule has 3 aliphatic carbocycles. The number of hydrogen-bond donors (Lipinski definition) is 0. The molecule has 3 aliphatic rings. The van der Waals surface area contributed by atoms with Gasteiger partial charge in [-0.05, 0) is 47.8 Å². The smallest absolute Gasteiger partial charge is 0.0264 e. The Morgan fingerprint density at radius 2 is 1.91 bits per heavy atom. The molecule has 11 heavy (non-hydrogen) atoms. The zero-order chi connectivity index (χ0) is 7.80. The molecule has 6 unspecified atom stereocenters. The van der Waals surface area contributed by atoms with E-state index >= 15 is 0 Å². The largest absolute Gasteiger partial charge is 0.0620 e. The Kier molecular flexibility index (Phi) is 0.906. The van der Waals surface area contributed by atoms with Crippen molar-refractivity contribution in [2.75, 3.05) is 0 Å². The Labute approximate surface area is 69.4 Å². The molecule has 0 heteroatoms. The van der Waals surface area contributed by atoms with E-state index in [2.05, 4.69) is 20.8 Å². The van der Waals surface area contributed by atoms with Gasteiger partial charge in [0.05, 0.1) is 0 Å². The van der Waals surface area contributed by atoms with E-state index in [1.165, 1.54) is 5.92 Å². The van der Waals surface area contributed by atoms with Gasteiger partial charge >= 0.3 is 0 Å². The van der Waals surface area contributed by atoms with Gasteiger partial charge in [0.2, 0.25) is 0 Å². The Bertz CT molecular complexity index is 206. The molecule has 3 saturated carbocycles. The standard InChI is InChI=1S/C11H18/c1-6-7(2)11(3)5-9(6)8-4-10(8)11/h6-10H,4-5H2,1-3H3. The van der Waals surface area contributed by atoms with Gasteiger partial charge in [-0.25, -0.2) is 0 Å². The Morgan fingerprint density at radius 1 is 1.18 bits per heavy atom. The maximum absolute atomic E-state index is 2.55. The minimum atomic E-state index is 0.773. The minimum Gasteiger partial charge on any atom is -0.0620 e. The highest BCUT2D eigenvalue weighted by Gasteiger charge is 2.68. The highest BCUT2D eigenvalue weighted by molar-refractivity contribution is 5.17.